The number of rotatable bonds is 5. The molecule has 172 valence electrons. The number of likely N-dealkylation sites (tertiary alicyclic amines) is 1. The molecule has 0 aromatic heterocycles. The Kier molecular flexibility index (Phi) is 5.54. The monoisotopic (exact) mass is 450 g/mol. The van der Waals surface area contributed by atoms with Crippen molar-refractivity contribution in [3.05, 3.63) is 59.7 Å². The van der Waals surface area contributed by atoms with Crippen molar-refractivity contribution in [2.45, 2.75) is 43.4 Å². The highest BCUT2D eigenvalue weighted by Crippen LogP contribution is 2.44. The van der Waals surface area contributed by atoms with E-state index in [2.05, 4.69) is 29.6 Å². The predicted molar refractivity (Wildman–Crippen MR) is 118 cm³/mol. The summed E-state index contributed by atoms with van der Waals surface area (Å²) in [5.74, 6) is -1.75. The topological polar surface area (TPSA) is 116 Å². The highest BCUT2D eigenvalue weighted by atomic mass is 16.5. The van der Waals surface area contributed by atoms with Crippen molar-refractivity contribution in [2.24, 2.45) is 5.92 Å². The van der Waals surface area contributed by atoms with E-state index in [1.807, 2.05) is 24.3 Å². The SMILES string of the molecule is O=C(NC1CC(C(=O)N2CC(O)C[C@H]2C(=O)O)C1)OCC1c2ccccc2-c2ccccc21. The average molecular weight is 450 g/mol. The third-order valence-electron chi connectivity index (χ3n) is 7.00. The number of alkyl carbamates (subject to hydrolysis) is 1. The molecule has 2 amide bonds. The summed E-state index contributed by atoms with van der Waals surface area (Å²) in [6, 6.07) is 15.1. The third kappa shape index (κ3) is 3.95. The van der Waals surface area contributed by atoms with Crippen LogP contribution in [0.15, 0.2) is 48.5 Å². The number of amides is 2. The molecule has 1 unspecified atom stereocenters. The fourth-order valence-corrected chi connectivity index (χ4v) is 5.27. The van der Waals surface area contributed by atoms with Gasteiger partial charge in [0.05, 0.1) is 6.10 Å². The second-order valence-electron chi connectivity index (χ2n) is 9.07. The molecule has 5 rings (SSSR count). The minimum atomic E-state index is -1.10. The van der Waals surface area contributed by atoms with E-state index in [4.69, 9.17) is 4.74 Å². The molecule has 3 aliphatic rings. The first-order chi connectivity index (χ1) is 15.9. The van der Waals surface area contributed by atoms with Crippen LogP contribution >= 0.6 is 0 Å². The van der Waals surface area contributed by atoms with E-state index in [1.54, 1.807) is 0 Å². The second-order valence-corrected chi connectivity index (χ2v) is 9.07. The first-order valence-corrected chi connectivity index (χ1v) is 11.2. The van der Waals surface area contributed by atoms with Crippen LogP contribution in [-0.2, 0) is 14.3 Å². The van der Waals surface area contributed by atoms with Gasteiger partial charge >= 0.3 is 12.1 Å². The summed E-state index contributed by atoms with van der Waals surface area (Å²) in [5.41, 5.74) is 4.60. The largest absolute Gasteiger partial charge is 0.480 e. The van der Waals surface area contributed by atoms with Gasteiger partial charge < -0.3 is 25.2 Å². The van der Waals surface area contributed by atoms with Gasteiger partial charge in [0, 0.05) is 30.8 Å². The Morgan fingerprint density at radius 1 is 0.970 bits per heavy atom. The number of fused-ring (bicyclic) bond motifs is 3. The van der Waals surface area contributed by atoms with E-state index >= 15 is 0 Å². The molecule has 2 atom stereocenters. The third-order valence-corrected chi connectivity index (χ3v) is 7.00. The highest BCUT2D eigenvalue weighted by molar-refractivity contribution is 5.86. The van der Waals surface area contributed by atoms with Gasteiger partial charge in [-0.2, -0.15) is 0 Å². The number of nitrogens with zero attached hydrogens (tertiary/aromatic N) is 1. The molecule has 1 saturated carbocycles. The molecule has 3 N–H and O–H groups in total. The number of carbonyl (C=O) groups is 3. The number of β-amino-alcohol motifs (C(OH)–C–C–N with tert-alkyl or cyclic N) is 1. The smallest absolute Gasteiger partial charge is 0.407 e. The number of ether oxygens (including phenoxy) is 1. The molecular weight excluding hydrogens is 424 g/mol. The lowest BCUT2D eigenvalue weighted by molar-refractivity contribution is -0.151. The van der Waals surface area contributed by atoms with Crippen molar-refractivity contribution in [1.29, 1.82) is 0 Å². The van der Waals surface area contributed by atoms with Crippen molar-refractivity contribution in [2.75, 3.05) is 13.2 Å². The Balaban J connectivity index is 1.13. The zero-order chi connectivity index (χ0) is 23.1. The lowest BCUT2D eigenvalue weighted by Gasteiger charge is -2.37. The van der Waals surface area contributed by atoms with Crippen LogP contribution in [0.4, 0.5) is 4.79 Å². The minimum absolute atomic E-state index is 0.0200. The van der Waals surface area contributed by atoms with Crippen LogP contribution in [0, 0.1) is 5.92 Å². The molecule has 0 radical (unpaired) electrons. The Labute approximate surface area is 191 Å². The zero-order valence-electron chi connectivity index (χ0n) is 18.0. The number of benzene rings is 2. The number of nitrogens with one attached hydrogen (secondary N) is 1. The Morgan fingerprint density at radius 2 is 1.58 bits per heavy atom. The average Bonchev–Trinajstić information content (AvgIpc) is 3.32. The number of aliphatic hydroxyl groups excluding tert-OH is 1. The summed E-state index contributed by atoms with van der Waals surface area (Å²) >= 11 is 0. The lowest BCUT2D eigenvalue weighted by atomic mass is 9.79. The molecule has 2 aromatic rings. The fourth-order valence-electron chi connectivity index (χ4n) is 5.27. The summed E-state index contributed by atoms with van der Waals surface area (Å²) in [5, 5.41) is 21.8. The fraction of sp³-hybridized carbons (Fsp3) is 0.400. The molecule has 8 heteroatoms. The maximum absolute atomic E-state index is 12.7. The maximum Gasteiger partial charge on any atom is 0.407 e. The standard InChI is InChI=1S/C25H26N2O6/c28-16-11-22(24(30)31)27(12-16)23(29)14-9-15(10-14)26-25(32)33-13-21-19-7-3-1-5-17(19)18-6-2-4-8-20(18)21/h1-8,14-16,21-22,28H,9-13H2,(H,26,32)(H,30,31)/t14?,15?,16?,22-/m0/s1. The zero-order valence-corrected chi connectivity index (χ0v) is 18.0. The summed E-state index contributed by atoms with van der Waals surface area (Å²) in [7, 11) is 0. The normalized spacial score (nSPS) is 25.7. The van der Waals surface area contributed by atoms with Crippen molar-refractivity contribution in [1.82, 2.24) is 10.2 Å². The van der Waals surface area contributed by atoms with Gasteiger partial charge in [-0.15, -0.1) is 0 Å². The van der Waals surface area contributed by atoms with E-state index in [0.29, 0.717) is 12.8 Å². The van der Waals surface area contributed by atoms with Crippen LogP contribution in [0.25, 0.3) is 11.1 Å². The van der Waals surface area contributed by atoms with Gasteiger partial charge in [-0.3, -0.25) is 4.79 Å². The number of aliphatic carboxylic acids is 1. The number of carboxylic acid groups (broad SMARTS) is 1. The predicted octanol–water partition coefficient (Wildman–Crippen LogP) is 2.35. The molecule has 0 spiro atoms. The number of hydrogen-bond donors (Lipinski definition) is 3. The summed E-state index contributed by atoms with van der Waals surface area (Å²) < 4.78 is 5.55. The highest BCUT2D eigenvalue weighted by Gasteiger charge is 2.45. The molecule has 2 aromatic carbocycles. The number of carboxylic acids is 1. The summed E-state index contributed by atoms with van der Waals surface area (Å²) in [4.78, 5) is 37.7. The van der Waals surface area contributed by atoms with E-state index in [1.165, 1.54) is 4.90 Å². The van der Waals surface area contributed by atoms with Gasteiger partial charge in [0.25, 0.3) is 0 Å². The number of hydrogen-bond acceptors (Lipinski definition) is 5. The summed E-state index contributed by atoms with van der Waals surface area (Å²) in [6.07, 6.45) is -0.420. The molecule has 2 aliphatic carbocycles. The van der Waals surface area contributed by atoms with Gasteiger partial charge in [-0.05, 0) is 35.1 Å². The van der Waals surface area contributed by atoms with Gasteiger partial charge in [-0.25, -0.2) is 9.59 Å². The van der Waals surface area contributed by atoms with Crippen LogP contribution in [0.5, 0.6) is 0 Å². The Hall–Kier alpha value is -3.39. The van der Waals surface area contributed by atoms with Gasteiger partial charge in [0.1, 0.15) is 12.6 Å². The molecular formula is C25H26N2O6. The number of aliphatic hydroxyl groups is 1. The molecule has 1 aliphatic heterocycles. The van der Waals surface area contributed by atoms with Crippen LogP contribution in [0.1, 0.15) is 36.3 Å². The van der Waals surface area contributed by atoms with Crippen LogP contribution in [0.2, 0.25) is 0 Å². The molecule has 0 bridgehead atoms. The molecule has 8 nitrogen and oxygen atoms in total. The van der Waals surface area contributed by atoms with Gasteiger partial charge in [0.2, 0.25) is 5.91 Å². The van der Waals surface area contributed by atoms with E-state index < -0.39 is 24.2 Å². The maximum atomic E-state index is 12.7. The Morgan fingerprint density at radius 3 is 2.18 bits per heavy atom. The van der Waals surface area contributed by atoms with Crippen LogP contribution in [0.3, 0.4) is 0 Å². The van der Waals surface area contributed by atoms with E-state index in [0.717, 1.165) is 22.3 Å². The van der Waals surface area contributed by atoms with Gasteiger partial charge in [-0.1, -0.05) is 48.5 Å². The van der Waals surface area contributed by atoms with Crippen molar-refractivity contribution >= 4 is 18.0 Å². The van der Waals surface area contributed by atoms with Crippen molar-refractivity contribution in [3.8, 4) is 11.1 Å². The molecule has 1 heterocycles. The van der Waals surface area contributed by atoms with Gasteiger partial charge in [0.15, 0.2) is 0 Å². The van der Waals surface area contributed by atoms with E-state index in [-0.39, 0.29) is 43.4 Å². The summed E-state index contributed by atoms with van der Waals surface area (Å²) in [6.45, 7) is 0.262. The minimum Gasteiger partial charge on any atom is -0.480 e. The Bertz CT molecular complexity index is 1050. The van der Waals surface area contributed by atoms with Crippen LogP contribution < -0.4 is 5.32 Å². The lowest BCUT2D eigenvalue weighted by Crippen LogP contribution is -2.52. The first-order valence-electron chi connectivity index (χ1n) is 11.2. The number of carbonyl (C=O) groups excluding carboxylic acids is 2. The van der Waals surface area contributed by atoms with Crippen molar-refractivity contribution < 1.29 is 29.3 Å². The van der Waals surface area contributed by atoms with Crippen molar-refractivity contribution in [3.63, 3.8) is 0 Å². The van der Waals surface area contributed by atoms with Crippen LogP contribution in [-0.4, -0.2) is 64.4 Å². The first kappa shape index (κ1) is 21.5. The molecule has 33 heavy (non-hydrogen) atoms. The second kappa shape index (κ2) is 8.51. The molecule has 2 fully saturated rings. The molecule has 1 saturated heterocycles. The quantitative estimate of drug-likeness (QED) is 0.644. The van der Waals surface area contributed by atoms with E-state index in [9.17, 15) is 24.6 Å².